The number of nitrogens with one attached hydrogen (secondary N) is 1. The minimum atomic E-state index is -0.568. The zero-order chi connectivity index (χ0) is 17.9. The Labute approximate surface area is 149 Å². The number of para-hydroxylation sites is 1. The molecule has 0 saturated carbocycles. The summed E-state index contributed by atoms with van der Waals surface area (Å²) in [6.45, 7) is 0.563. The fraction of sp³-hybridized carbons (Fsp3) is 0.158. The Balaban J connectivity index is 1.44. The van der Waals surface area contributed by atoms with E-state index in [-0.39, 0.29) is 11.6 Å². The maximum Gasteiger partial charge on any atom is 0.274 e. The Kier molecular flexibility index (Phi) is 4.18. The Bertz CT molecular complexity index is 924. The first kappa shape index (κ1) is 16.0. The summed E-state index contributed by atoms with van der Waals surface area (Å²) in [5, 5.41) is 6.54. The number of anilines is 1. The van der Waals surface area contributed by atoms with Gasteiger partial charge in [0.25, 0.3) is 5.91 Å². The Hall–Kier alpha value is -3.48. The van der Waals surface area contributed by atoms with Crippen molar-refractivity contribution in [2.75, 3.05) is 11.4 Å². The van der Waals surface area contributed by atoms with Gasteiger partial charge in [0.2, 0.25) is 5.91 Å². The third-order valence-electron chi connectivity index (χ3n) is 4.27. The molecule has 1 aromatic carbocycles. The molecule has 3 aromatic rings. The molecule has 1 N–H and O–H groups in total. The van der Waals surface area contributed by atoms with Gasteiger partial charge in [0, 0.05) is 36.3 Å². The summed E-state index contributed by atoms with van der Waals surface area (Å²) < 4.78 is 5.21. The van der Waals surface area contributed by atoms with Crippen molar-refractivity contribution in [2.24, 2.45) is 0 Å². The fourth-order valence-corrected chi connectivity index (χ4v) is 2.94. The monoisotopic (exact) mass is 348 g/mol. The van der Waals surface area contributed by atoms with Crippen LogP contribution in [0.25, 0.3) is 11.3 Å². The molecule has 0 aliphatic carbocycles. The molecule has 2 amide bonds. The molecule has 1 aliphatic heterocycles. The first-order valence-electron chi connectivity index (χ1n) is 8.27. The van der Waals surface area contributed by atoms with Crippen LogP contribution in [0.5, 0.6) is 0 Å². The maximum atomic E-state index is 12.6. The molecule has 1 aliphatic rings. The summed E-state index contributed by atoms with van der Waals surface area (Å²) >= 11 is 0. The van der Waals surface area contributed by atoms with E-state index in [2.05, 4.69) is 15.5 Å². The second-order valence-corrected chi connectivity index (χ2v) is 5.96. The van der Waals surface area contributed by atoms with Gasteiger partial charge in [-0.2, -0.15) is 0 Å². The van der Waals surface area contributed by atoms with Gasteiger partial charge in [0.1, 0.15) is 6.04 Å². The average Bonchev–Trinajstić information content (AvgIpc) is 3.31. The molecule has 3 heterocycles. The van der Waals surface area contributed by atoms with Crippen LogP contribution < -0.4 is 10.2 Å². The largest absolute Gasteiger partial charge is 0.355 e. The summed E-state index contributed by atoms with van der Waals surface area (Å²) in [7, 11) is 0. The van der Waals surface area contributed by atoms with Crippen molar-refractivity contribution in [3.8, 4) is 11.3 Å². The van der Waals surface area contributed by atoms with Gasteiger partial charge in [-0.1, -0.05) is 23.4 Å². The van der Waals surface area contributed by atoms with E-state index in [1.807, 2.05) is 36.4 Å². The smallest absolute Gasteiger partial charge is 0.274 e. The number of aromatic nitrogens is 2. The summed E-state index contributed by atoms with van der Waals surface area (Å²) in [4.78, 5) is 30.7. The van der Waals surface area contributed by atoms with Gasteiger partial charge in [-0.05, 0) is 30.7 Å². The minimum Gasteiger partial charge on any atom is -0.355 e. The van der Waals surface area contributed by atoms with Crippen molar-refractivity contribution in [1.82, 2.24) is 15.5 Å². The van der Waals surface area contributed by atoms with Crippen LogP contribution in [-0.4, -0.2) is 34.5 Å². The lowest BCUT2D eigenvalue weighted by atomic mass is 10.2. The van der Waals surface area contributed by atoms with Crippen molar-refractivity contribution in [2.45, 2.75) is 12.5 Å². The van der Waals surface area contributed by atoms with E-state index in [0.717, 1.165) is 11.3 Å². The normalized spacial score (nSPS) is 16.7. The molecule has 1 atom stereocenters. The highest BCUT2D eigenvalue weighted by molar-refractivity contribution is 6.03. The molecule has 0 radical (unpaired) electrons. The number of benzene rings is 1. The molecular formula is C19H16N4O3. The van der Waals surface area contributed by atoms with Crippen LogP contribution in [0.1, 0.15) is 16.9 Å². The summed E-state index contributed by atoms with van der Waals surface area (Å²) in [6, 6.07) is 14.0. The molecular weight excluding hydrogens is 332 g/mol. The molecule has 1 saturated heterocycles. The molecule has 7 nitrogen and oxygen atoms in total. The van der Waals surface area contributed by atoms with Crippen molar-refractivity contribution in [3.05, 3.63) is 66.6 Å². The van der Waals surface area contributed by atoms with E-state index < -0.39 is 11.9 Å². The number of carbonyl (C=O) groups excluding carboxylic acids is 2. The van der Waals surface area contributed by atoms with Crippen molar-refractivity contribution < 1.29 is 14.1 Å². The predicted octanol–water partition coefficient (Wildman–Crippen LogP) is 2.27. The van der Waals surface area contributed by atoms with Crippen LogP contribution in [0, 0.1) is 0 Å². The third kappa shape index (κ3) is 3.06. The first-order valence-corrected chi connectivity index (χ1v) is 8.27. The number of carbonyl (C=O) groups is 2. The van der Waals surface area contributed by atoms with Crippen LogP contribution in [0.4, 0.5) is 5.69 Å². The molecule has 0 unspecified atom stereocenters. The van der Waals surface area contributed by atoms with Gasteiger partial charge < -0.3 is 14.7 Å². The fourth-order valence-electron chi connectivity index (χ4n) is 2.94. The predicted molar refractivity (Wildman–Crippen MR) is 94.4 cm³/mol. The lowest BCUT2D eigenvalue weighted by molar-refractivity contribution is -0.118. The van der Waals surface area contributed by atoms with E-state index in [0.29, 0.717) is 18.7 Å². The van der Waals surface area contributed by atoms with Crippen LogP contribution in [0.15, 0.2) is 65.4 Å². The number of nitrogens with zero attached hydrogens (tertiary/aromatic N) is 3. The Morgan fingerprint density at radius 2 is 2.04 bits per heavy atom. The summed E-state index contributed by atoms with van der Waals surface area (Å²) in [6.07, 6.45) is 3.82. The molecule has 26 heavy (non-hydrogen) atoms. The van der Waals surface area contributed by atoms with E-state index in [1.54, 1.807) is 29.4 Å². The topological polar surface area (TPSA) is 88.3 Å². The molecule has 0 spiro atoms. The number of pyridine rings is 1. The quantitative estimate of drug-likeness (QED) is 0.781. The highest BCUT2D eigenvalue weighted by Crippen LogP contribution is 2.22. The lowest BCUT2D eigenvalue weighted by Crippen LogP contribution is -2.41. The van der Waals surface area contributed by atoms with E-state index in [9.17, 15) is 9.59 Å². The van der Waals surface area contributed by atoms with Gasteiger partial charge >= 0.3 is 0 Å². The summed E-state index contributed by atoms with van der Waals surface area (Å²) in [5.41, 5.74) is 1.69. The van der Waals surface area contributed by atoms with Crippen LogP contribution in [0.3, 0.4) is 0 Å². The van der Waals surface area contributed by atoms with E-state index >= 15 is 0 Å². The number of hydrogen-bond acceptors (Lipinski definition) is 5. The van der Waals surface area contributed by atoms with E-state index in [1.165, 1.54) is 0 Å². The lowest BCUT2D eigenvalue weighted by Gasteiger charge is -2.16. The molecule has 0 bridgehead atoms. The van der Waals surface area contributed by atoms with Gasteiger partial charge in [-0.15, -0.1) is 0 Å². The number of amides is 2. The summed E-state index contributed by atoms with van der Waals surface area (Å²) in [5.74, 6) is -0.107. The molecule has 4 rings (SSSR count). The second kappa shape index (κ2) is 6.79. The van der Waals surface area contributed by atoms with Crippen molar-refractivity contribution in [1.29, 1.82) is 0 Å². The molecule has 130 valence electrons. The van der Waals surface area contributed by atoms with Gasteiger partial charge in [0.05, 0.1) is 0 Å². The highest BCUT2D eigenvalue weighted by atomic mass is 16.5. The number of rotatable bonds is 4. The average molecular weight is 348 g/mol. The molecule has 2 aromatic heterocycles. The van der Waals surface area contributed by atoms with Gasteiger partial charge in [0.15, 0.2) is 11.5 Å². The first-order chi connectivity index (χ1) is 12.7. The third-order valence-corrected chi connectivity index (χ3v) is 4.27. The van der Waals surface area contributed by atoms with Crippen LogP contribution in [0.2, 0.25) is 0 Å². The Morgan fingerprint density at radius 1 is 1.19 bits per heavy atom. The van der Waals surface area contributed by atoms with Crippen molar-refractivity contribution in [3.63, 3.8) is 0 Å². The molecule has 7 heteroatoms. The second-order valence-electron chi connectivity index (χ2n) is 5.96. The SMILES string of the molecule is O=C(N[C@H]1CCN(c2ccccc2)C1=O)c1cc(-c2cccnc2)on1. The van der Waals surface area contributed by atoms with Gasteiger partial charge in [-0.25, -0.2) is 0 Å². The highest BCUT2D eigenvalue weighted by Gasteiger charge is 2.34. The zero-order valence-electron chi connectivity index (χ0n) is 13.8. The van der Waals surface area contributed by atoms with Crippen LogP contribution in [-0.2, 0) is 4.79 Å². The standard InChI is InChI=1S/C19H16N4O3/c24-18(16-11-17(26-22-16)13-5-4-9-20-12-13)21-15-8-10-23(19(15)25)14-6-2-1-3-7-14/h1-7,9,11-12,15H,8,10H2,(H,21,24)/t15-/m0/s1. The number of hydrogen-bond donors (Lipinski definition) is 1. The molecule has 1 fully saturated rings. The van der Waals surface area contributed by atoms with Gasteiger partial charge in [-0.3, -0.25) is 14.6 Å². The minimum absolute atomic E-state index is 0.125. The Morgan fingerprint density at radius 3 is 2.81 bits per heavy atom. The van der Waals surface area contributed by atoms with Crippen LogP contribution >= 0.6 is 0 Å². The van der Waals surface area contributed by atoms with E-state index in [4.69, 9.17) is 4.52 Å². The maximum absolute atomic E-state index is 12.6. The van der Waals surface area contributed by atoms with Crippen molar-refractivity contribution >= 4 is 17.5 Å². The zero-order valence-corrected chi connectivity index (χ0v) is 13.8.